The average Bonchev–Trinajstić information content (AvgIpc) is 3.04. The summed E-state index contributed by atoms with van der Waals surface area (Å²) < 4.78 is 18.4. The SMILES string of the molecule is CC(C)(C)OC(=O)N1CCC(n2ncc(-c3ccc(F)cc3)n2)CC1. The third-order valence-electron chi connectivity index (χ3n) is 4.09. The first-order valence-electron chi connectivity index (χ1n) is 8.47. The Hall–Kier alpha value is -2.44. The fourth-order valence-electron chi connectivity index (χ4n) is 2.81. The van der Waals surface area contributed by atoms with Crippen LogP contribution in [0.4, 0.5) is 9.18 Å². The molecule has 0 aliphatic carbocycles. The zero-order valence-corrected chi connectivity index (χ0v) is 14.8. The zero-order valence-electron chi connectivity index (χ0n) is 14.8. The highest BCUT2D eigenvalue weighted by Crippen LogP contribution is 2.24. The first-order chi connectivity index (χ1) is 11.8. The molecule has 1 fully saturated rings. The lowest BCUT2D eigenvalue weighted by Crippen LogP contribution is -2.42. The van der Waals surface area contributed by atoms with Gasteiger partial charge in [0.25, 0.3) is 0 Å². The van der Waals surface area contributed by atoms with Gasteiger partial charge in [0.1, 0.15) is 17.1 Å². The second-order valence-corrected chi connectivity index (χ2v) is 7.26. The summed E-state index contributed by atoms with van der Waals surface area (Å²) in [4.78, 5) is 15.5. The topological polar surface area (TPSA) is 60.2 Å². The van der Waals surface area contributed by atoms with Gasteiger partial charge in [-0.15, -0.1) is 0 Å². The van der Waals surface area contributed by atoms with Gasteiger partial charge in [-0.25, -0.2) is 9.18 Å². The molecule has 0 bridgehead atoms. The summed E-state index contributed by atoms with van der Waals surface area (Å²) >= 11 is 0. The number of likely N-dealkylation sites (tertiary alicyclic amines) is 1. The van der Waals surface area contributed by atoms with Gasteiger partial charge in [-0.1, -0.05) is 0 Å². The maximum Gasteiger partial charge on any atom is 0.410 e. The molecule has 2 aromatic rings. The van der Waals surface area contributed by atoms with Crippen LogP contribution in [0.1, 0.15) is 39.7 Å². The molecule has 2 heterocycles. The van der Waals surface area contributed by atoms with Crippen LogP contribution in [0.3, 0.4) is 0 Å². The van der Waals surface area contributed by atoms with Crippen LogP contribution in [-0.4, -0.2) is 44.7 Å². The van der Waals surface area contributed by atoms with Crippen molar-refractivity contribution in [3.8, 4) is 11.3 Å². The number of carbonyl (C=O) groups excluding carboxylic acids is 1. The molecule has 25 heavy (non-hydrogen) atoms. The molecule has 0 spiro atoms. The van der Waals surface area contributed by atoms with E-state index in [0.717, 1.165) is 24.1 Å². The van der Waals surface area contributed by atoms with E-state index in [-0.39, 0.29) is 18.0 Å². The number of rotatable bonds is 2. The van der Waals surface area contributed by atoms with Gasteiger partial charge in [-0.05, 0) is 57.9 Å². The standard InChI is InChI=1S/C18H23FN4O2/c1-18(2,3)25-17(24)22-10-8-15(9-11-22)23-20-12-16(21-23)13-4-6-14(19)7-5-13/h4-7,12,15H,8-11H2,1-3H3. The lowest BCUT2D eigenvalue weighted by atomic mass is 10.1. The summed E-state index contributed by atoms with van der Waals surface area (Å²) in [7, 11) is 0. The molecule has 0 unspecified atom stereocenters. The Kier molecular flexibility index (Phi) is 4.74. The van der Waals surface area contributed by atoms with Crippen LogP contribution < -0.4 is 0 Å². The molecule has 6 nitrogen and oxygen atoms in total. The van der Waals surface area contributed by atoms with E-state index >= 15 is 0 Å². The lowest BCUT2D eigenvalue weighted by molar-refractivity contribution is 0.0180. The fourth-order valence-corrected chi connectivity index (χ4v) is 2.81. The van der Waals surface area contributed by atoms with Gasteiger partial charge in [0.2, 0.25) is 0 Å². The molecule has 134 valence electrons. The number of halogens is 1. The number of ether oxygens (including phenoxy) is 1. The molecular weight excluding hydrogens is 323 g/mol. The van der Waals surface area contributed by atoms with Crippen molar-refractivity contribution in [2.24, 2.45) is 0 Å². The molecule has 0 atom stereocenters. The van der Waals surface area contributed by atoms with Crippen LogP contribution in [0.15, 0.2) is 30.5 Å². The third kappa shape index (κ3) is 4.35. The molecule has 1 aliphatic rings. The van der Waals surface area contributed by atoms with Crippen LogP contribution in [0.2, 0.25) is 0 Å². The Morgan fingerprint density at radius 3 is 2.44 bits per heavy atom. The van der Waals surface area contributed by atoms with Crippen LogP contribution in [-0.2, 0) is 4.74 Å². The molecule has 0 radical (unpaired) electrons. The second kappa shape index (κ2) is 6.82. The number of nitrogens with zero attached hydrogens (tertiary/aromatic N) is 4. The van der Waals surface area contributed by atoms with Crippen LogP contribution in [0.25, 0.3) is 11.3 Å². The number of benzene rings is 1. The summed E-state index contributed by atoms with van der Waals surface area (Å²) in [5, 5.41) is 8.86. The van der Waals surface area contributed by atoms with Crippen molar-refractivity contribution in [1.82, 2.24) is 19.9 Å². The van der Waals surface area contributed by atoms with Crippen LogP contribution >= 0.6 is 0 Å². The van der Waals surface area contributed by atoms with Crippen molar-refractivity contribution in [2.45, 2.75) is 45.3 Å². The number of piperidine rings is 1. The van der Waals surface area contributed by atoms with E-state index < -0.39 is 5.60 Å². The fraction of sp³-hybridized carbons (Fsp3) is 0.500. The predicted molar refractivity (Wildman–Crippen MR) is 91.5 cm³/mol. The van der Waals surface area contributed by atoms with E-state index in [2.05, 4.69) is 10.2 Å². The van der Waals surface area contributed by atoms with Crippen molar-refractivity contribution < 1.29 is 13.9 Å². The largest absolute Gasteiger partial charge is 0.444 e. The van der Waals surface area contributed by atoms with Gasteiger partial charge in [-0.2, -0.15) is 15.0 Å². The summed E-state index contributed by atoms with van der Waals surface area (Å²) in [6.07, 6.45) is 2.97. The van der Waals surface area contributed by atoms with E-state index in [1.54, 1.807) is 28.0 Å². The molecule has 1 aromatic carbocycles. The molecular formula is C18H23FN4O2. The van der Waals surface area contributed by atoms with E-state index in [0.29, 0.717) is 13.1 Å². The van der Waals surface area contributed by atoms with Crippen molar-refractivity contribution in [1.29, 1.82) is 0 Å². The maximum absolute atomic E-state index is 13.0. The Morgan fingerprint density at radius 2 is 1.84 bits per heavy atom. The molecule has 1 amide bonds. The van der Waals surface area contributed by atoms with E-state index in [1.807, 2.05) is 20.8 Å². The number of carbonyl (C=O) groups is 1. The van der Waals surface area contributed by atoms with Gasteiger partial charge in [0.05, 0.1) is 12.2 Å². The molecule has 1 aliphatic heterocycles. The van der Waals surface area contributed by atoms with Gasteiger partial charge < -0.3 is 9.64 Å². The van der Waals surface area contributed by atoms with E-state index in [9.17, 15) is 9.18 Å². The van der Waals surface area contributed by atoms with Crippen molar-refractivity contribution in [2.75, 3.05) is 13.1 Å². The monoisotopic (exact) mass is 346 g/mol. The van der Waals surface area contributed by atoms with E-state index in [1.165, 1.54) is 12.1 Å². The molecule has 0 N–H and O–H groups in total. The van der Waals surface area contributed by atoms with Crippen LogP contribution in [0, 0.1) is 5.82 Å². The van der Waals surface area contributed by atoms with Crippen LogP contribution in [0.5, 0.6) is 0 Å². The van der Waals surface area contributed by atoms with Crippen molar-refractivity contribution >= 4 is 6.09 Å². The highest BCUT2D eigenvalue weighted by Gasteiger charge is 2.28. The summed E-state index contributed by atoms with van der Waals surface area (Å²) in [6.45, 7) is 6.83. The zero-order chi connectivity index (χ0) is 18.0. The minimum Gasteiger partial charge on any atom is -0.444 e. The lowest BCUT2D eigenvalue weighted by Gasteiger charge is -2.32. The number of hydrogen-bond donors (Lipinski definition) is 0. The van der Waals surface area contributed by atoms with Gasteiger partial charge in [0.15, 0.2) is 0 Å². The molecule has 0 saturated carbocycles. The van der Waals surface area contributed by atoms with Gasteiger partial charge in [-0.3, -0.25) is 0 Å². The first-order valence-corrected chi connectivity index (χ1v) is 8.47. The van der Waals surface area contributed by atoms with E-state index in [4.69, 9.17) is 4.74 Å². The third-order valence-corrected chi connectivity index (χ3v) is 4.09. The second-order valence-electron chi connectivity index (χ2n) is 7.26. The Labute approximate surface area is 146 Å². The number of amides is 1. The summed E-state index contributed by atoms with van der Waals surface area (Å²) in [5.41, 5.74) is 1.06. The Balaban J connectivity index is 1.60. The predicted octanol–water partition coefficient (Wildman–Crippen LogP) is 3.66. The molecule has 7 heteroatoms. The highest BCUT2D eigenvalue weighted by molar-refractivity contribution is 5.68. The average molecular weight is 346 g/mol. The minimum absolute atomic E-state index is 0.146. The maximum atomic E-state index is 13.0. The Morgan fingerprint density at radius 1 is 1.20 bits per heavy atom. The first kappa shape index (κ1) is 17.4. The number of aromatic nitrogens is 3. The quantitative estimate of drug-likeness (QED) is 0.833. The smallest absolute Gasteiger partial charge is 0.410 e. The Bertz CT molecular complexity index is 728. The minimum atomic E-state index is -0.485. The highest BCUT2D eigenvalue weighted by atomic mass is 19.1. The molecule has 3 rings (SSSR count). The molecule has 1 aromatic heterocycles. The molecule has 1 saturated heterocycles. The van der Waals surface area contributed by atoms with Crippen molar-refractivity contribution in [3.05, 3.63) is 36.3 Å². The van der Waals surface area contributed by atoms with Gasteiger partial charge in [0, 0.05) is 18.7 Å². The normalized spacial score (nSPS) is 16.1. The van der Waals surface area contributed by atoms with Gasteiger partial charge >= 0.3 is 6.09 Å². The summed E-state index contributed by atoms with van der Waals surface area (Å²) in [6, 6.07) is 6.35. The number of hydrogen-bond acceptors (Lipinski definition) is 4. The van der Waals surface area contributed by atoms with Crippen molar-refractivity contribution in [3.63, 3.8) is 0 Å². The summed E-state index contributed by atoms with van der Waals surface area (Å²) in [5.74, 6) is -0.273.